The van der Waals surface area contributed by atoms with Gasteiger partial charge in [-0.05, 0) is 35.9 Å². The Kier molecular flexibility index (Phi) is 4.65. The van der Waals surface area contributed by atoms with Gasteiger partial charge in [-0.15, -0.1) is 11.3 Å². The summed E-state index contributed by atoms with van der Waals surface area (Å²) < 4.78 is 1.05. The first kappa shape index (κ1) is 16.7. The van der Waals surface area contributed by atoms with Crippen molar-refractivity contribution in [2.24, 2.45) is 0 Å². The van der Waals surface area contributed by atoms with Gasteiger partial charge in [0.15, 0.2) is 0 Å². The Morgan fingerprint density at radius 3 is 2.62 bits per heavy atom. The molecule has 130 valence electrons. The molecule has 0 atom stereocenters. The van der Waals surface area contributed by atoms with Crippen molar-refractivity contribution in [3.63, 3.8) is 0 Å². The number of carbonyl (C=O) groups excluding carboxylic acids is 1. The molecule has 5 nitrogen and oxygen atoms in total. The minimum atomic E-state index is 0.0957. The Bertz CT molecular complexity index is 965. The van der Waals surface area contributed by atoms with Crippen molar-refractivity contribution in [2.75, 3.05) is 26.2 Å². The summed E-state index contributed by atoms with van der Waals surface area (Å²) in [5, 5.41) is 8.87. The quantitative estimate of drug-likeness (QED) is 0.718. The number of fused-ring (bicyclic) bond motifs is 1. The first-order valence-corrected chi connectivity index (χ1v) is 9.45. The van der Waals surface area contributed by atoms with Gasteiger partial charge < -0.3 is 4.90 Å². The van der Waals surface area contributed by atoms with E-state index in [1.807, 2.05) is 47.4 Å². The van der Waals surface area contributed by atoms with Crippen molar-refractivity contribution < 1.29 is 4.79 Å². The zero-order chi connectivity index (χ0) is 17.9. The van der Waals surface area contributed by atoms with Gasteiger partial charge >= 0.3 is 0 Å². The predicted molar refractivity (Wildman–Crippen MR) is 102 cm³/mol. The number of nitriles is 1. The van der Waals surface area contributed by atoms with Crippen LogP contribution in [0, 0.1) is 11.3 Å². The molecule has 26 heavy (non-hydrogen) atoms. The van der Waals surface area contributed by atoms with Crippen molar-refractivity contribution in [2.45, 2.75) is 6.54 Å². The molecule has 1 fully saturated rings. The van der Waals surface area contributed by atoms with E-state index >= 15 is 0 Å². The predicted octanol–water partition coefficient (Wildman–Crippen LogP) is 3.13. The number of rotatable bonds is 3. The average molecular weight is 362 g/mol. The van der Waals surface area contributed by atoms with Gasteiger partial charge in [0.25, 0.3) is 5.91 Å². The largest absolute Gasteiger partial charge is 0.336 e. The van der Waals surface area contributed by atoms with Crippen LogP contribution in [0.5, 0.6) is 0 Å². The Balaban J connectivity index is 1.36. The first-order valence-electron chi connectivity index (χ1n) is 8.57. The number of amides is 1. The molecule has 0 aliphatic carbocycles. The normalized spacial score (nSPS) is 15.1. The van der Waals surface area contributed by atoms with E-state index in [-0.39, 0.29) is 5.91 Å². The number of carbonyl (C=O) groups is 1. The van der Waals surface area contributed by atoms with E-state index < -0.39 is 0 Å². The smallest absolute Gasteiger partial charge is 0.253 e. The number of piperazine rings is 1. The van der Waals surface area contributed by atoms with Crippen LogP contribution in [0.1, 0.15) is 21.5 Å². The Morgan fingerprint density at radius 1 is 1.12 bits per heavy atom. The lowest BCUT2D eigenvalue weighted by Gasteiger charge is -2.34. The molecule has 0 saturated carbocycles. The fourth-order valence-electron chi connectivity index (χ4n) is 3.22. The van der Waals surface area contributed by atoms with Crippen LogP contribution in [-0.4, -0.2) is 46.9 Å². The molecule has 4 rings (SSSR count). The summed E-state index contributed by atoms with van der Waals surface area (Å²) in [6, 6.07) is 15.6. The van der Waals surface area contributed by atoms with Crippen LogP contribution < -0.4 is 0 Å². The minimum Gasteiger partial charge on any atom is -0.336 e. The summed E-state index contributed by atoms with van der Waals surface area (Å²) in [5.41, 5.74) is 5.36. The van der Waals surface area contributed by atoms with Crippen LogP contribution in [0.15, 0.2) is 48.0 Å². The van der Waals surface area contributed by atoms with Crippen molar-refractivity contribution >= 4 is 27.5 Å². The molecule has 0 spiro atoms. The Labute approximate surface area is 156 Å². The fraction of sp³-hybridized carbons (Fsp3) is 0.250. The molecule has 1 amide bonds. The topological polar surface area (TPSA) is 60.2 Å². The lowest BCUT2D eigenvalue weighted by molar-refractivity contribution is 0.0628. The lowest BCUT2D eigenvalue weighted by atomic mass is 10.1. The van der Waals surface area contributed by atoms with Crippen LogP contribution in [0.4, 0.5) is 0 Å². The van der Waals surface area contributed by atoms with Crippen LogP contribution in [0.25, 0.3) is 10.2 Å². The summed E-state index contributed by atoms with van der Waals surface area (Å²) in [4.78, 5) is 21.3. The van der Waals surface area contributed by atoms with Gasteiger partial charge in [-0.3, -0.25) is 9.69 Å². The number of hydrogen-bond acceptors (Lipinski definition) is 5. The fourth-order valence-corrected chi connectivity index (χ4v) is 3.94. The van der Waals surface area contributed by atoms with Gasteiger partial charge in [-0.1, -0.05) is 12.1 Å². The van der Waals surface area contributed by atoms with Gasteiger partial charge in [0.2, 0.25) is 0 Å². The molecule has 6 heteroatoms. The zero-order valence-corrected chi connectivity index (χ0v) is 15.1. The summed E-state index contributed by atoms with van der Waals surface area (Å²) in [7, 11) is 0. The molecular formula is C20H18N4OS. The maximum atomic E-state index is 12.8. The Morgan fingerprint density at radius 2 is 1.88 bits per heavy atom. The molecule has 1 saturated heterocycles. The van der Waals surface area contributed by atoms with Gasteiger partial charge in [0, 0.05) is 38.3 Å². The van der Waals surface area contributed by atoms with E-state index in [1.165, 1.54) is 5.56 Å². The summed E-state index contributed by atoms with van der Waals surface area (Å²) in [6.07, 6.45) is 0. The molecule has 0 bridgehead atoms. The van der Waals surface area contributed by atoms with Crippen molar-refractivity contribution in [3.05, 3.63) is 64.7 Å². The molecule has 0 radical (unpaired) electrons. The number of thiazole rings is 1. The highest BCUT2D eigenvalue weighted by atomic mass is 32.1. The van der Waals surface area contributed by atoms with E-state index in [9.17, 15) is 4.79 Å². The highest BCUT2D eigenvalue weighted by molar-refractivity contribution is 7.16. The van der Waals surface area contributed by atoms with Crippen LogP contribution in [0.3, 0.4) is 0 Å². The second kappa shape index (κ2) is 7.24. The van der Waals surface area contributed by atoms with Gasteiger partial charge in [-0.2, -0.15) is 5.26 Å². The van der Waals surface area contributed by atoms with E-state index in [0.29, 0.717) is 5.56 Å². The first-order chi connectivity index (χ1) is 12.7. The monoisotopic (exact) mass is 362 g/mol. The Hall–Kier alpha value is -2.75. The van der Waals surface area contributed by atoms with E-state index in [0.717, 1.165) is 48.5 Å². The number of aromatic nitrogens is 1. The van der Waals surface area contributed by atoms with Gasteiger partial charge in [0.05, 0.1) is 27.4 Å². The molecule has 2 heterocycles. The van der Waals surface area contributed by atoms with Crippen molar-refractivity contribution in [1.82, 2.24) is 14.8 Å². The van der Waals surface area contributed by atoms with Gasteiger partial charge in [0.1, 0.15) is 0 Å². The summed E-state index contributed by atoms with van der Waals surface area (Å²) in [6.45, 7) is 4.02. The minimum absolute atomic E-state index is 0.0957. The highest BCUT2D eigenvalue weighted by Crippen LogP contribution is 2.20. The standard InChI is InChI=1S/C20H18N4OS/c21-12-15-1-3-16(4-2-15)13-23-7-9-24(10-8-23)20(25)17-5-6-18-19(11-17)26-14-22-18/h1-6,11,14H,7-10,13H2. The van der Waals surface area contributed by atoms with E-state index in [4.69, 9.17) is 5.26 Å². The number of hydrogen-bond donors (Lipinski definition) is 0. The molecule has 2 aromatic carbocycles. The molecule has 1 aliphatic heterocycles. The average Bonchev–Trinajstić information content (AvgIpc) is 3.16. The molecular weight excluding hydrogens is 344 g/mol. The van der Waals surface area contributed by atoms with Crippen LogP contribution in [0.2, 0.25) is 0 Å². The SMILES string of the molecule is N#Cc1ccc(CN2CCN(C(=O)c3ccc4ncsc4c3)CC2)cc1. The van der Waals surface area contributed by atoms with E-state index in [1.54, 1.807) is 16.8 Å². The third kappa shape index (κ3) is 3.45. The third-order valence-electron chi connectivity index (χ3n) is 4.73. The number of nitrogens with zero attached hydrogens (tertiary/aromatic N) is 4. The summed E-state index contributed by atoms with van der Waals surface area (Å²) >= 11 is 1.56. The molecule has 1 aromatic heterocycles. The van der Waals surface area contributed by atoms with Crippen LogP contribution >= 0.6 is 11.3 Å². The highest BCUT2D eigenvalue weighted by Gasteiger charge is 2.22. The summed E-state index contributed by atoms with van der Waals surface area (Å²) in [5.74, 6) is 0.0957. The third-order valence-corrected chi connectivity index (χ3v) is 5.52. The number of benzene rings is 2. The molecule has 0 N–H and O–H groups in total. The second-order valence-electron chi connectivity index (χ2n) is 6.41. The van der Waals surface area contributed by atoms with Crippen molar-refractivity contribution in [3.8, 4) is 6.07 Å². The van der Waals surface area contributed by atoms with Crippen LogP contribution in [-0.2, 0) is 6.54 Å². The maximum Gasteiger partial charge on any atom is 0.253 e. The maximum absolute atomic E-state index is 12.8. The second-order valence-corrected chi connectivity index (χ2v) is 7.30. The van der Waals surface area contributed by atoms with Crippen molar-refractivity contribution in [1.29, 1.82) is 5.26 Å². The molecule has 0 unspecified atom stereocenters. The van der Waals surface area contributed by atoms with Gasteiger partial charge in [-0.25, -0.2) is 4.98 Å². The molecule has 3 aromatic rings. The molecule has 1 aliphatic rings. The van der Waals surface area contributed by atoms with E-state index in [2.05, 4.69) is 16.0 Å². The zero-order valence-electron chi connectivity index (χ0n) is 14.3. The lowest BCUT2D eigenvalue weighted by Crippen LogP contribution is -2.48.